The predicted octanol–water partition coefficient (Wildman–Crippen LogP) is 2.30. The second-order valence-corrected chi connectivity index (χ2v) is 3.61. The maximum Gasteiger partial charge on any atom is 0.240 e. The molecule has 0 aromatic carbocycles. The SMILES string of the molecule is [C-]#[N+]Cc1csc(CC(C)=O)c1. The van der Waals surface area contributed by atoms with Crippen LogP contribution in [-0.4, -0.2) is 5.78 Å². The number of hydrogen-bond donors (Lipinski definition) is 0. The Hall–Kier alpha value is -1.14. The second kappa shape index (κ2) is 4.03. The normalized spacial score (nSPS) is 9.33. The van der Waals surface area contributed by atoms with Gasteiger partial charge in [-0.25, -0.2) is 6.57 Å². The molecule has 0 aliphatic heterocycles. The molecule has 0 N–H and O–H groups in total. The smallest absolute Gasteiger partial charge is 0.240 e. The highest BCUT2D eigenvalue weighted by molar-refractivity contribution is 7.10. The molecule has 0 spiro atoms. The topological polar surface area (TPSA) is 21.4 Å². The molecule has 2 nitrogen and oxygen atoms in total. The van der Waals surface area contributed by atoms with E-state index in [1.807, 2.05) is 11.4 Å². The third-order valence-corrected chi connectivity index (χ3v) is 2.38. The van der Waals surface area contributed by atoms with Crippen molar-refractivity contribution in [3.05, 3.63) is 33.3 Å². The molecule has 1 rings (SSSR count). The molecular weight excluding hydrogens is 170 g/mol. The highest BCUT2D eigenvalue weighted by Gasteiger charge is 2.03. The minimum Gasteiger partial charge on any atom is -0.312 e. The Morgan fingerprint density at radius 2 is 2.50 bits per heavy atom. The summed E-state index contributed by atoms with van der Waals surface area (Å²) in [4.78, 5) is 15.1. The summed E-state index contributed by atoms with van der Waals surface area (Å²) in [6.07, 6.45) is 0.503. The van der Waals surface area contributed by atoms with E-state index in [1.54, 1.807) is 18.3 Å². The number of carbonyl (C=O) groups excluding carboxylic acids is 1. The minimum atomic E-state index is 0.172. The summed E-state index contributed by atoms with van der Waals surface area (Å²) in [5.74, 6) is 0.172. The van der Waals surface area contributed by atoms with Gasteiger partial charge in [-0.2, -0.15) is 0 Å². The van der Waals surface area contributed by atoms with Crippen molar-refractivity contribution in [2.75, 3.05) is 0 Å². The van der Waals surface area contributed by atoms with Crippen molar-refractivity contribution < 1.29 is 4.79 Å². The van der Waals surface area contributed by atoms with E-state index in [0.717, 1.165) is 10.4 Å². The Morgan fingerprint density at radius 3 is 3.08 bits per heavy atom. The summed E-state index contributed by atoms with van der Waals surface area (Å²) in [6.45, 7) is 8.66. The number of thiophene rings is 1. The van der Waals surface area contributed by atoms with Crippen LogP contribution in [0.4, 0.5) is 0 Å². The quantitative estimate of drug-likeness (QED) is 0.652. The van der Waals surface area contributed by atoms with Crippen molar-refractivity contribution in [2.24, 2.45) is 0 Å². The van der Waals surface area contributed by atoms with E-state index in [-0.39, 0.29) is 5.78 Å². The van der Waals surface area contributed by atoms with Gasteiger partial charge in [0.25, 0.3) is 0 Å². The first-order valence-electron chi connectivity index (χ1n) is 3.61. The Kier molecular flexibility index (Phi) is 3.01. The van der Waals surface area contributed by atoms with Gasteiger partial charge < -0.3 is 4.85 Å². The van der Waals surface area contributed by atoms with Crippen LogP contribution in [0.2, 0.25) is 0 Å². The Labute approximate surface area is 75.7 Å². The maximum absolute atomic E-state index is 10.7. The lowest BCUT2D eigenvalue weighted by Crippen LogP contribution is -1.92. The zero-order valence-electron chi connectivity index (χ0n) is 6.83. The third kappa shape index (κ3) is 2.48. The molecule has 62 valence electrons. The van der Waals surface area contributed by atoms with Gasteiger partial charge in [-0.05, 0) is 13.0 Å². The average molecular weight is 179 g/mol. The number of carbonyl (C=O) groups is 1. The predicted molar refractivity (Wildman–Crippen MR) is 49.0 cm³/mol. The van der Waals surface area contributed by atoms with Crippen LogP contribution in [0.1, 0.15) is 17.4 Å². The van der Waals surface area contributed by atoms with E-state index in [2.05, 4.69) is 4.85 Å². The van der Waals surface area contributed by atoms with Crippen LogP contribution in [0.25, 0.3) is 4.85 Å². The number of ketones is 1. The molecule has 1 aromatic heterocycles. The molecule has 0 saturated carbocycles. The first-order chi connectivity index (χ1) is 5.72. The molecule has 0 aliphatic carbocycles. The molecule has 3 heteroatoms. The third-order valence-electron chi connectivity index (χ3n) is 1.39. The lowest BCUT2D eigenvalue weighted by molar-refractivity contribution is -0.116. The van der Waals surface area contributed by atoms with Gasteiger partial charge in [-0.1, -0.05) is 0 Å². The van der Waals surface area contributed by atoms with Gasteiger partial charge in [0.15, 0.2) is 0 Å². The second-order valence-electron chi connectivity index (χ2n) is 2.62. The van der Waals surface area contributed by atoms with Crippen molar-refractivity contribution in [3.63, 3.8) is 0 Å². The van der Waals surface area contributed by atoms with Gasteiger partial charge in [-0.15, -0.1) is 11.3 Å². The van der Waals surface area contributed by atoms with Gasteiger partial charge in [0.1, 0.15) is 5.78 Å². The molecule has 0 fully saturated rings. The molecule has 0 atom stereocenters. The zero-order chi connectivity index (χ0) is 8.97. The molecule has 0 radical (unpaired) electrons. The van der Waals surface area contributed by atoms with Gasteiger partial charge in [0, 0.05) is 22.2 Å². The summed E-state index contributed by atoms with van der Waals surface area (Å²) in [5.41, 5.74) is 1.02. The summed E-state index contributed by atoms with van der Waals surface area (Å²) >= 11 is 1.55. The zero-order valence-corrected chi connectivity index (χ0v) is 7.65. The fourth-order valence-electron chi connectivity index (χ4n) is 0.938. The van der Waals surface area contributed by atoms with Crippen LogP contribution < -0.4 is 0 Å². The van der Waals surface area contributed by atoms with Crippen molar-refractivity contribution in [1.29, 1.82) is 0 Å². The first kappa shape index (κ1) is 8.95. The van der Waals surface area contributed by atoms with Crippen LogP contribution in [0.5, 0.6) is 0 Å². The molecule has 1 heterocycles. The van der Waals surface area contributed by atoms with E-state index in [1.165, 1.54) is 0 Å². The Balaban J connectivity index is 2.65. The number of Topliss-reactive ketones (excluding diaryl/α,β-unsaturated/α-hetero) is 1. The molecule has 0 aliphatic rings. The van der Waals surface area contributed by atoms with E-state index in [9.17, 15) is 4.79 Å². The lowest BCUT2D eigenvalue weighted by atomic mass is 10.2. The van der Waals surface area contributed by atoms with E-state index in [4.69, 9.17) is 6.57 Å². The fourth-order valence-corrected chi connectivity index (χ4v) is 1.89. The molecule has 1 aromatic rings. The number of hydrogen-bond acceptors (Lipinski definition) is 2. The van der Waals surface area contributed by atoms with Crippen LogP contribution in [0, 0.1) is 6.57 Å². The van der Waals surface area contributed by atoms with Crippen LogP contribution in [0.15, 0.2) is 11.4 Å². The molecular formula is C9H9NOS. The standard InChI is InChI=1S/C9H9NOS/c1-7(11)3-9-4-8(5-10-2)6-12-9/h4,6H,3,5H2,1H3. The highest BCUT2D eigenvalue weighted by atomic mass is 32.1. The van der Waals surface area contributed by atoms with Gasteiger partial charge >= 0.3 is 0 Å². The van der Waals surface area contributed by atoms with Crippen molar-refractivity contribution in [2.45, 2.75) is 19.9 Å². The van der Waals surface area contributed by atoms with Crippen LogP contribution in [0.3, 0.4) is 0 Å². The molecule has 12 heavy (non-hydrogen) atoms. The number of rotatable bonds is 3. The average Bonchev–Trinajstić information content (AvgIpc) is 2.36. The van der Waals surface area contributed by atoms with Gasteiger partial charge in [0.05, 0.1) is 0 Å². The summed E-state index contributed by atoms with van der Waals surface area (Å²) in [6, 6.07) is 1.93. The Bertz CT molecular complexity index is 322. The summed E-state index contributed by atoms with van der Waals surface area (Å²) in [5, 5.41) is 1.94. The highest BCUT2D eigenvalue weighted by Crippen LogP contribution is 2.16. The molecule has 0 amide bonds. The summed E-state index contributed by atoms with van der Waals surface area (Å²) < 4.78 is 0. The minimum absolute atomic E-state index is 0.172. The Morgan fingerprint density at radius 1 is 1.75 bits per heavy atom. The van der Waals surface area contributed by atoms with E-state index in [0.29, 0.717) is 13.0 Å². The van der Waals surface area contributed by atoms with E-state index < -0.39 is 0 Å². The first-order valence-corrected chi connectivity index (χ1v) is 4.49. The maximum atomic E-state index is 10.7. The van der Waals surface area contributed by atoms with Gasteiger partial charge in [0.2, 0.25) is 6.54 Å². The summed E-state index contributed by atoms with van der Waals surface area (Å²) in [7, 11) is 0. The molecule has 0 bridgehead atoms. The number of nitrogens with zero attached hydrogens (tertiary/aromatic N) is 1. The van der Waals surface area contributed by atoms with E-state index >= 15 is 0 Å². The van der Waals surface area contributed by atoms with Crippen molar-refractivity contribution in [1.82, 2.24) is 0 Å². The fraction of sp³-hybridized carbons (Fsp3) is 0.333. The van der Waals surface area contributed by atoms with Crippen LogP contribution >= 0.6 is 11.3 Å². The monoisotopic (exact) mass is 179 g/mol. The van der Waals surface area contributed by atoms with Crippen LogP contribution in [-0.2, 0) is 17.8 Å². The van der Waals surface area contributed by atoms with Crippen molar-refractivity contribution >= 4 is 17.1 Å². The molecule has 0 unspecified atom stereocenters. The molecule has 0 saturated heterocycles. The van der Waals surface area contributed by atoms with Gasteiger partial charge in [-0.3, -0.25) is 4.79 Å². The largest absolute Gasteiger partial charge is 0.312 e. The lowest BCUT2D eigenvalue weighted by Gasteiger charge is -1.87. The van der Waals surface area contributed by atoms with Crippen molar-refractivity contribution in [3.8, 4) is 0 Å².